The van der Waals surface area contributed by atoms with E-state index < -0.39 is 11.7 Å². The molecule has 0 aliphatic heterocycles. The largest absolute Gasteiger partial charge is 0.444 e. The van der Waals surface area contributed by atoms with Gasteiger partial charge in [-0.2, -0.15) is 0 Å². The normalized spacial score (nSPS) is 12.6. The molecule has 25 heavy (non-hydrogen) atoms. The lowest BCUT2D eigenvalue weighted by atomic mass is 10.1. The number of nitrogens with one attached hydrogen (secondary N) is 1. The zero-order chi connectivity index (χ0) is 19.2. The second kappa shape index (κ2) is 8.80. The Labute approximate surface area is 148 Å². The summed E-state index contributed by atoms with van der Waals surface area (Å²) in [6.45, 7) is 5.55. The highest BCUT2D eigenvalue weighted by Crippen LogP contribution is 2.17. The van der Waals surface area contributed by atoms with Crippen LogP contribution in [0.2, 0.25) is 0 Å². The predicted octanol–water partition coefficient (Wildman–Crippen LogP) is 2.41. The van der Waals surface area contributed by atoms with Crippen LogP contribution in [0.4, 0.5) is 9.18 Å². The first-order valence-corrected chi connectivity index (χ1v) is 8.12. The summed E-state index contributed by atoms with van der Waals surface area (Å²) in [6.07, 6.45) is -0.551. The van der Waals surface area contributed by atoms with Crippen LogP contribution in [0.3, 0.4) is 0 Å². The molecule has 0 saturated carbocycles. The molecule has 1 atom stereocenters. The van der Waals surface area contributed by atoms with Crippen molar-refractivity contribution in [3.05, 3.63) is 35.6 Å². The van der Waals surface area contributed by atoms with E-state index in [0.717, 1.165) is 5.56 Å². The van der Waals surface area contributed by atoms with Gasteiger partial charge in [-0.25, -0.2) is 9.18 Å². The number of rotatable bonds is 6. The van der Waals surface area contributed by atoms with E-state index in [1.54, 1.807) is 32.9 Å². The number of benzene rings is 1. The molecule has 1 aromatic carbocycles. The van der Waals surface area contributed by atoms with Crippen molar-refractivity contribution in [1.29, 1.82) is 0 Å². The number of ether oxygens (including phenoxy) is 1. The van der Waals surface area contributed by atoms with Crippen LogP contribution in [0.5, 0.6) is 0 Å². The second-order valence-electron chi connectivity index (χ2n) is 7.17. The van der Waals surface area contributed by atoms with E-state index in [9.17, 15) is 14.0 Å². The molecule has 1 rings (SSSR count). The summed E-state index contributed by atoms with van der Waals surface area (Å²) in [5.41, 5.74) is 0.285. The molecule has 0 aliphatic carbocycles. The van der Waals surface area contributed by atoms with Crippen molar-refractivity contribution in [2.24, 2.45) is 0 Å². The third-order valence-corrected chi connectivity index (χ3v) is 3.46. The van der Waals surface area contributed by atoms with Gasteiger partial charge in [0.05, 0.1) is 6.04 Å². The van der Waals surface area contributed by atoms with Crippen LogP contribution < -0.4 is 5.32 Å². The summed E-state index contributed by atoms with van der Waals surface area (Å²) in [6, 6.07) is 6.07. The van der Waals surface area contributed by atoms with Gasteiger partial charge in [0, 0.05) is 13.6 Å². The van der Waals surface area contributed by atoms with Crippen molar-refractivity contribution in [3.63, 3.8) is 0 Å². The van der Waals surface area contributed by atoms with E-state index in [-0.39, 0.29) is 24.3 Å². The van der Waals surface area contributed by atoms with E-state index >= 15 is 0 Å². The fourth-order valence-corrected chi connectivity index (χ4v) is 2.17. The van der Waals surface area contributed by atoms with E-state index in [4.69, 9.17) is 4.74 Å². The number of halogens is 1. The Morgan fingerprint density at radius 1 is 1.16 bits per heavy atom. The van der Waals surface area contributed by atoms with E-state index in [1.807, 2.05) is 19.0 Å². The van der Waals surface area contributed by atoms with Crippen molar-refractivity contribution in [2.75, 3.05) is 34.2 Å². The Morgan fingerprint density at radius 3 is 2.20 bits per heavy atom. The summed E-state index contributed by atoms with van der Waals surface area (Å²) in [5.74, 6) is -0.591. The number of nitrogens with zero attached hydrogens (tertiary/aromatic N) is 2. The van der Waals surface area contributed by atoms with Crippen molar-refractivity contribution in [1.82, 2.24) is 15.1 Å². The van der Waals surface area contributed by atoms with Gasteiger partial charge in [-0.05, 0) is 52.6 Å². The predicted molar refractivity (Wildman–Crippen MR) is 94.7 cm³/mol. The Kier molecular flexibility index (Phi) is 7.36. The number of hydrogen-bond donors (Lipinski definition) is 1. The quantitative estimate of drug-likeness (QED) is 0.853. The van der Waals surface area contributed by atoms with Crippen molar-refractivity contribution in [3.8, 4) is 0 Å². The second-order valence-corrected chi connectivity index (χ2v) is 7.17. The van der Waals surface area contributed by atoms with Gasteiger partial charge in [-0.3, -0.25) is 4.79 Å². The highest BCUT2D eigenvalue weighted by molar-refractivity contribution is 5.82. The SMILES string of the molecule is CN(CC(=O)NCC(c1ccc(F)cc1)N(C)C)C(=O)OC(C)(C)C. The number of hydrogen-bond acceptors (Lipinski definition) is 4. The first kappa shape index (κ1) is 20.9. The molecule has 0 heterocycles. The van der Waals surface area contributed by atoms with Gasteiger partial charge >= 0.3 is 6.09 Å². The molecule has 0 spiro atoms. The average Bonchev–Trinajstić information content (AvgIpc) is 2.47. The summed E-state index contributed by atoms with van der Waals surface area (Å²) < 4.78 is 18.3. The Morgan fingerprint density at radius 2 is 1.72 bits per heavy atom. The van der Waals surface area contributed by atoms with Crippen molar-refractivity contribution < 1.29 is 18.7 Å². The van der Waals surface area contributed by atoms with Gasteiger partial charge in [0.1, 0.15) is 18.0 Å². The third kappa shape index (κ3) is 7.51. The zero-order valence-electron chi connectivity index (χ0n) is 15.8. The summed E-state index contributed by atoms with van der Waals surface area (Å²) in [7, 11) is 5.27. The average molecular weight is 353 g/mol. The number of carbonyl (C=O) groups is 2. The number of carbonyl (C=O) groups excluding carboxylic acids is 2. The van der Waals surface area contributed by atoms with E-state index in [0.29, 0.717) is 6.54 Å². The van der Waals surface area contributed by atoms with Gasteiger partial charge in [0.2, 0.25) is 5.91 Å². The van der Waals surface area contributed by atoms with Gasteiger partial charge in [0.25, 0.3) is 0 Å². The summed E-state index contributed by atoms with van der Waals surface area (Å²) >= 11 is 0. The molecule has 2 amide bonds. The molecular weight excluding hydrogens is 325 g/mol. The molecule has 0 aliphatic rings. The minimum absolute atomic E-state index is 0.0987. The van der Waals surface area contributed by atoms with Crippen LogP contribution in [0, 0.1) is 5.82 Å². The molecule has 1 unspecified atom stereocenters. The number of amides is 2. The van der Waals surface area contributed by atoms with Crippen molar-refractivity contribution >= 4 is 12.0 Å². The molecule has 7 heteroatoms. The molecule has 6 nitrogen and oxygen atoms in total. The standard InChI is InChI=1S/C18H28FN3O3/c1-18(2,3)25-17(24)22(6)12-16(23)20-11-15(21(4)5)13-7-9-14(19)10-8-13/h7-10,15H,11-12H2,1-6H3,(H,20,23). The van der Waals surface area contributed by atoms with E-state index in [1.165, 1.54) is 24.1 Å². The molecule has 1 aromatic rings. The minimum Gasteiger partial charge on any atom is -0.444 e. The Bertz CT molecular complexity index is 582. The molecule has 0 radical (unpaired) electrons. The fraction of sp³-hybridized carbons (Fsp3) is 0.556. The van der Waals surface area contributed by atoms with Crippen LogP contribution in [-0.4, -0.2) is 61.6 Å². The fourth-order valence-electron chi connectivity index (χ4n) is 2.17. The summed E-state index contributed by atoms with van der Waals surface area (Å²) in [4.78, 5) is 27.1. The maximum atomic E-state index is 13.1. The third-order valence-electron chi connectivity index (χ3n) is 3.46. The molecule has 140 valence electrons. The Balaban J connectivity index is 2.58. The van der Waals surface area contributed by atoms with Gasteiger partial charge in [-0.15, -0.1) is 0 Å². The van der Waals surface area contributed by atoms with Gasteiger partial charge in [-0.1, -0.05) is 12.1 Å². The monoisotopic (exact) mass is 353 g/mol. The molecule has 0 bridgehead atoms. The highest BCUT2D eigenvalue weighted by atomic mass is 19.1. The number of likely N-dealkylation sites (N-methyl/N-ethyl adjacent to an activating group) is 2. The lowest BCUT2D eigenvalue weighted by Gasteiger charge is -2.26. The van der Waals surface area contributed by atoms with Crippen LogP contribution in [0.15, 0.2) is 24.3 Å². The highest BCUT2D eigenvalue weighted by Gasteiger charge is 2.22. The van der Waals surface area contributed by atoms with Crippen molar-refractivity contribution in [2.45, 2.75) is 32.4 Å². The molecule has 0 saturated heterocycles. The molecule has 1 N–H and O–H groups in total. The van der Waals surface area contributed by atoms with Gasteiger partial charge < -0.3 is 19.9 Å². The van der Waals surface area contributed by atoms with Crippen LogP contribution >= 0.6 is 0 Å². The maximum Gasteiger partial charge on any atom is 0.410 e. The van der Waals surface area contributed by atoms with Crippen LogP contribution in [0.25, 0.3) is 0 Å². The topological polar surface area (TPSA) is 61.9 Å². The first-order chi connectivity index (χ1) is 11.5. The molecule has 0 fully saturated rings. The Hall–Kier alpha value is -2.15. The molecular formula is C18H28FN3O3. The molecule has 0 aromatic heterocycles. The summed E-state index contributed by atoms with van der Waals surface area (Å²) in [5, 5.41) is 2.80. The smallest absolute Gasteiger partial charge is 0.410 e. The lowest BCUT2D eigenvalue weighted by molar-refractivity contribution is -0.122. The van der Waals surface area contributed by atoms with Crippen LogP contribution in [0.1, 0.15) is 32.4 Å². The van der Waals surface area contributed by atoms with E-state index in [2.05, 4.69) is 5.32 Å². The van der Waals surface area contributed by atoms with Crippen LogP contribution in [-0.2, 0) is 9.53 Å². The lowest BCUT2D eigenvalue weighted by Crippen LogP contribution is -2.43. The maximum absolute atomic E-state index is 13.1. The van der Waals surface area contributed by atoms with Gasteiger partial charge in [0.15, 0.2) is 0 Å². The zero-order valence-corrected chi connectivity index (χ0v) is 15.8. The first-order valence-electron chi connectivity index (χ1n) is 8.12. The minimum atomic E-state index is -0.611.